The molecular formula is C2H4KNO4. The van der Waals surface area contributed by atoms with Crippen LogP contribution in [0.25, 0.3) is 0 Å². The predicted molar refractivity (Wildman–Crippen MR) is 25.4 cm³/mol. The van der Waals surface area contributed by atoms with Crippen molar-refractivity contribution in [1.29, 1.82) is 5.26 Å². The summed E-state index contributed by atoms with van der Waals surface area (Å²) in [6.45, 7) is 0. The number of hydrogen-bond acceptors (Lipinski definition) is 3. The molecule has 0 bridgehead atoms. The Hall–Kier alpha value is 0.196. The van der Waals surface area contributed by atoms with Gasteiger partial charge < -0.3 is 15.3 Å². The topological polar surface area (TPSA) is 102 Å². The molecule has 8 heavy (non-hydrogen) atoms. The van der Waals surface area contributed by atoms with Gasteiger partial charge in [0, 0.05) is 0 Å². The fourth-order valence-corrected chi connectivity index (χ4v) is 0. The van der Waals surface area contributed by atoms with Crippen LogP contribution in [0.15, 0.2) is 0 Å². The van der Waals surface area contributed by atoms with Crippen molar-refractivity contribution in [1.82, 2.24) is 0 Å². The first-order chi connectivity index (χ1) is 3.15. The minimum absolute atomic E-state index is 0. The van der Waals surface area contributed by atoms with Gasteiger partial charge in [0.1, 0.15) is 0 Å². The zero-order valence-corrected chi connectivity index (χ0v) is 3.20. The van der Waals surface area contributed by atoms with Crippen LogP contribution in [0.4, 0.5) is 4.79 Å². The number of rotatable bonds is 0. The third-order valence-corrected chi connectivity index (χ3v) is 0. The quantitative estimate of drug-likeness (QED) is 0.312. The fourth-order valence-electron chi connectivity index (χ4n) is 0. The molecule has 0 spiro atoms. The molecule has 0 aromatic heterocycles. The number of hydrogen-bond donors (Lipinski definition) is 3. The van der Waals surface area contributed by atoms with Gasteiger partial charge in [-0.1, -0.05) is 0 Å². The van der Waals surface area contributed by atoms with E-state index in [4.69, 9.17) is 25.4 Å². The molecule has 42 valence electrons. The first-order valence-electron chi connectivity index (χ1n) is 1.10. The Bertz CT molecular complexity index is 82.5. The van der Waals surface area contributed by atoms with E-state index in [1.54, 1.807) is 0 Å². The summed E-state index contributed by atoms with van der Waals surface area (Å²) < 4.78 is 0. The molecule has 3 N–H and O–H groups in total. The van der Waals surface area contributed by atoms with Crippen molar-refractivity contribution in [3.63, 3.8) is 0 Å². The summed E-state index contributed by atoms with van der Waals surface area (Å²) in [5.74, 6) is 0. The number of aliphatic hydroxyl groups excluding tert-OH is 1. The summed E-state index contributed by atoms with van der Waals surface area (Å²) >= 11 is 0. The van der Waals surface area contributed by atoms with Gasteiger partial charge in [-0.3, -0.25) is 0 Å². The van der Waals surface area contributed by atoms with Crippen molar-refractivity contribution in [3.05, 3.63) is 0 Å². The predicted octanol–water partition coefficient (Wildman–Crippen LogP) is -0.586. The normalized spacial score (nSPS) is 3.88. The van der Waals surface area contributed by atoms with Gasteiger partial charge in [0.25, 0.3) is 6.26 Å². The molecule has 0 fully saturated rings. The number of carbonyl (C=O) groups is 1. The minimum atomic E-state index is -1.83. The molecule has 0 amide bonds. The van der Waals surface area contributed by atoms with Gasteiger partial charge in [-0.25, -0.2) is 4.79 Å². The Kier molecular flexibility index (Phi) is 30.8. The van der Waals surface area contributed by atoms with Crippen LogP contribution in [0, 0.1) is 11.5 Å². The van der Waals surface area contributed by atoms with Gasteiger partial charge in [-0.2, -0.15) is 5.26 Å². The molecule has 0 heterocycles. The number of nitrogens with zero attached hydrogens (tertiary/aromatic N) is 1. The van der Waals surface area contributed by atoms with Crippen LogP contribution in [0.2, 0.25) is 0 Å². The fraction of sp³-hybridized carbons (Fsp3) is 0. The molecule has 0 aliphatic rings. The first kappa shape index (κ1) is 15.7. The van der Waals surface area contributed by atoms with Crippen molar-refractivity contribution in [2.75, 3.05) is 0 Å². The second kappa shape index (κ2) is 15.7. The summed E-state index contributed by atoms with van der Waals surface area (Å²) in [5.41, 5.74) is 0. The summed E-state index contributed by atoms with van der Waals surface area (Å²) in [6, 6.07) is 0. The molecule has 0 aromatic carbocycles. The Morgan fingerprint density at radius 1 is 1.50 bits per heavy atom. The van der Waals surface area contributed by atoms with Crippen LogP contribution in [0.3, 0.4) is 0 Å². The van der Waals surface area contributed by atoms with Crippen molar-refractivity contribution in [2.24, 2.45) is 0 Å². The second-order valence-corrected chi connectivity index (χ2v) is 0.383. The Morgan fingerprint density at radius 3 is 1.50 bits per heavy atom. The van der Waals surface area contributed by atoms with Gasteiger partial charge in [-0.05, 0) is 0 Å². The third kappa shape index (κ3) is 4340. The maximum atomic E-state index is 8.56. The van der Waals surface area contributed by atoms with Crippen LogP contribution in [0.5, 0.6) is 0 Å². The standard InChI is InChI=1S/CHNO.CH2O3.K.H/c2-1-3;2-1(3)4;;/h3H;(H2,2,3,4);;. The molecule has 0 aliphatic heterocycles. The monoisotopic (exact) mass is 145 g/mol. The van der Waals surface area contributed by atoms with E-state index in [1.807, 2.05) is 0 Å². The van der Waals surface area contributed by atoms with E-state index in [0.29, 0.717) is 0 Å². The van der Waals surface area contributed by atoms with E-state index >= 15 is 0 Å². The van der Waals surface area contributed by atoms with Crippen LogP contribution in [-0.2, 0) is 0 Å². The molecule has 0 unspecified atom stereocenters. The average Bonchev–Trinajstić information content (AvgIpc) is 1.33. The summed E-state index contributed by atoms with van der Waals surface area (Å²) in [7, 11) is 0. The van der Waals surface area contributed by atoms with Crippen molar-refractivity contribution in [3.8, 4) is 6.26 Å². The molecule has 0 rings (SSSR count). The molecule has 6 heteroatoms. The van der Waals surface area contributed by atoms with Crippen molar-refractivity contribution >= 4 is 57.5 Å². The number of aliphatic hydroxyl groups is 1. The van der Waals surface area contributed by atoms with Crippen LogP contribution in [-0.4, -0.2) is 72.9 Å². The van der Waals surface area contributed by atoms with Crippen LogP contribution >= 0.6 is 0 Å². The average molecular weight is 145 g/mol. The van der Waals surface area contributed by atoms with E-state index in [0.717, 1.165) is 6.26 Å². The van der Waals surface area contributed by atoms with Gasteiger partial charge in [0.15, 0.2) is 0 Å². The van der Waals surface area contributed by atoms with E-state index in [-0.39, 0.29) is 51.4 Å². The Balaban J connectivity index is -0.0000000575. The molecule has 0 atom stereocenters. The van der Waals surface area contributed by atoms with Crippen molar-refractivity contribution < 1.29 is 20.1 Å². The first-order valence-corrected chi connectivity index (χ1v) is 1.10. The third-order valence-electron chi connectivity index (χ3n) is 0. The van der Waals surface area contributed by atoms with Gasteiger partial charge in [0.2, 0.25) is 0 Å². The SMILES string of the molecule is N#CO.O=C(O)O.[KH]. The molecule has 0 saturated heterocycles. The Labute approximate surface area is 88.0 Å². The molecule has 5 nitrogen and oxygen atoms in total. The van der Waals surface area contributed by atoms with Gasteiger partial charge >= 0.3 is 57.5 Å². The maximum absolute atomic E-state index is 8.56. The van der Waals surface area contributed by atoms with E-state index < -0.39 is 6.16 Å². The molecule has 0 aliphatic carbocycles. The molecule has 0 radical (unpaired) electrons. The van der Waals surface area contributed by atoms with Gasteiger partial charge in [-0.15, -0.1) is 0 Å². The number of nitriles is 1. The second-order valence-electron chi connectivity index (χ2n) is 0.383. The molecule has 0 aromatic rings. The Morgan fingerprint density at radius 2 is 1.50 bits per heavy atom. The molecule has 0 saturated carbocycles. The van der Waals surface area contributed by atoms with E-state index in [1.165, 1.54) is 0 Å². The van der Waals surface area contributed by atoms with Crippen LogP contribution < -0.4 is 0 Å². The van der Waals surface area contributed by atoms with Gasteiger partial charge in [0.05, 0.1) is 0 Å². The van der Waals surface area contributed by atoms with E-state index in [9.17, 15) is 0 Å². The zero-order chi connectivity index (χ0) is 6.28. The summed E-state index contributed by atoms with van der Waals surface area (Å²) in [4.78, 5) is 8.56. The van der Waals surface area contributed by atoms with E-state index in [2.05, 4.69) is 0 Å². The zero-order valence-electron chi connectivity index (χ0n) is 3.20. The van der Waals surface area contributed by atoms with Crippen molar-refractivity contribution in [2.45, 2.75) is 0 Å². The molecular weight excluding hydrogens is 141 g/mol. The summed E-state index contributed by atoms with van der Waals surface area (Å²) in [5, 5.41) is 27.7. The summed E-state index contributed by atoms with van der Waals surface area (Å²) in [6.07, 6.45) is -1.08. The number of carboxylic acid groups (broad SMARTS) is 2. The van der Waals surface area contributed by atoms with Crippen LogP contribution in [0.1, 0.15) is 0 Å².